The molecule has 23 heavy (non-hydrogen) atoms. The highest BCUT2D eigenvalue weighted by atomic mass is 16.7. The van der Waals surface area contributed by atoms with Crippen LogP contribution < -0.4 is 4.74 Å². The highest BCUT2D eigenvalue weighted by molar-refractivity contribution is 5.85. The Labute approximate surface area is 137 Å². The number of rotatable bonds is 6. The predicted molar refractivity (Wildman–Crippen MR) is 95.4 cm³/mol. The van der Waals surface area contributed by atoms with Crippen molar-refractivity contribution in [1.82, 2.24) is 0 Å². The average Bonchev–Trinajstić information content (AvgIpc) is 2.60. The summed E-state index contributed by atoms with van der Waals surface area (Å²) in [6.07, 6.45) is 1.49. The Bertz CT molecular complexity index is 785. The molecular weight excluding hydrogens is 284 g/mol. The molecule has 3 aromatic rings. The van der Waals surface area contributed by atoms with Crippen LogP contribution in [0.3, 0.4) is 0 Å². The first-order chi connectivity index (χ1) is 11.3. The molecule has 0 saturated carbocycles. The van der Waals surface area contributed by atoms with Gasteiger partial charge in [-0.2, -0.15) is 0 Å². The molecule has 3 rings (SSSR count). The molecule has 116 valence electrons. The molecule has 1 unspecified atom stereocenters. The molecule has 0 bridgehead atoms. The van der Waals surface area contributed by atoms with E-state index < -0.39 is 0 Å². The lowest BCUT2D eigenvalue weighted by Crippen LogP contribution is -2.16. The summed E-state index contributed by atoms with van der Waals surface area (Å²) in [7, 11) is 0. The molecule has 0 aliphatic heterocycles. The van der Waals surface area contributed by atoms with E-state index in [1.54, 1.807) is 0 Å². The second-order valence-electron chi connectivity index (χ2n) is 5.41. The molecule has 0 saturated heterocycles. The van der Waals surface area contributed by atoms with E-state index in [0.29, 0.717) is 6.61 Å². The second-order valence-corrected chi connectivity index (χ2v) is 5.41. The van der Waals surface area contributed by atoms with Gasteiger partial charge >= 0.3 is 0 Å². The Hall–Kier alpha value is -2.58. The summed E-state index contributed by atoms with van der Waals surface area (Å²) < 4.78 is 11.6. The molecule has 0 spiro atoms. The van der Waals surface area contributed by atoms with Gasteiger partial charge in [0.25, 0.3) is 0 Å². The minimum Gasteiger partial charge on any atom is -0.465 e. The number of benzene rings is 3. The van der Waals surface area contributed by atoms with E-state index >= 15 is 0 Å². The predicted octanol–water partition coefficient (Wildman–Crippen LogP) is 5.42. The van der Waals surface area contributed by atoms with Crippen LogP contribution in [0.5, 0.6) is 5.75 Å². The van der Waals surface area contributed by atoms with E-state index in [1.165, 1.54) is 16.3 Å². The quantitative estimate of drug-likeness (QED) is 0.566. The first-order valence-corrected chi connectivity index (χ1v) is 7.73. The van der Waals surface area contributed by atoms with Gasteiger partial charge in [-0.1, -0.05) is 67.3 Å². The molecule has 2 nitrogen and oxygen atoms in total. The summed E-state index contributed by atoms with van der Waals surface area (Å²) in [6, 6.07) is 22.4. The van der Waals surface area contributed by atoms with Crippen LogP contribution in [0.1, 0.15) is 18.1 Å². The molecule has 0 aromatic heterocycles. The van der Waals surface area contributed by atoms with Crippen molar-refractivity contribution < 1.29 is 9.47 Å². The minimum atomic E-state index is -0.316. The Morgan fingerprint density at radius 2 is 1.70 bits per heavy atom. The van der Waals surface area contributed by atoms with E-state index in [4.69, 9.17) is 9.47 Å². The monoisotopic (exact) mass is 304 g/mol. The maximum Gasteiger partial charge on any atom is 0.197 e. The Morgan fingerprint density at radius 3 is 2.48 bits per heavy atom. The van der Waals surface area contributed by atoms with Crippen molar-refractivity contribution in [3.05, 3.63) is 84.4 Å². The molecule has 2 heteroatoms. The molecule has 3 aromatic carbocycles. The third kappa shape index (κ3) is 3.79. The minimum absolute atomic E-state index is 0.316. The zero-order valence-corrected chi connectivity index (χ0v) is 13.2. The van der Waals surface area contributed by atoms with Crippen molar-refractivity contribution in [2.45, 2.75) is 19.8 Å². The maximum atomic E-state index is 5.85. The average molecular weight is 304 g/mol. The van der Waals surface area contributed by atoms with Gasteiger partial charge in [-0.05, 0) is 41.0 Å². The summed E-state index contributed by atoms with van der Waals surface area (Å²) in [6.45, 7) is 6.17. The molecule has 0 heterocycles. The van der Waals surface area contributed by atoms with Gasteiger partial charge in [0.15, 0.2) is 6.29 Å². The zero-order chi connectivity index (χ0) is 16.1. The lowest BCUT2D eigenvalue weighted by molar-refractivity contribution is -0.0755. The zero-order valence-electron chi connectivity index (χ0n) is 13.2. The van der Waals surface area contributed by atoms with Crippen LogP contribution in [0, 0.1) is 0 Å². The lowest BCUT2D eigenvalue weighted by Gasteiger charge is -2.16. The van der Waals surface area contributed by atoms with E-state index in [9.17, 15) is 0 Å². The normalized spacial score (nSPS) is 12.0. The Kier molecular flexibility index (Phi) is 4.74. The van der Waals surface area contributed by atoms with Crippen molar-refractivity contribution >= 4 is 16.8 Å². The van der Waals surface area contributed by atoms with Crippen molar-refractivity contribution in [2.75, 3.05) is 0 Å². The van der Waals surface area contributed by atoms with E-state index in [2.05, 4.69) is 36.9 Å². The Balaban J connectivity index is 1.63. The van der Waals surface area contributed by atoms with Crippen LogP contribution >= 0.6 is 0 Å². The van der Waals surface area contributed by atoms with Crippen LogP contribution in [0.4, 0.5) is 0 Å². The van der Waals surface area contributed by atoms with Gasteiger partial charge in [-0.15, -0.1) is 0 Å². The van der Waals surface area contributed by atoms with Gasteiger partial charge in [0, 0.05) is 0 Å². The lowest BCUT2D eigenvalue weighted by atomic mass is 10.1. The number of hydrogen-bond donors (Lipinski definition) is 0. The molecule has 0 aliphatic rings. The summed E-state index contributed by atoms with van der Waals surface area (Å²) in [5.41, 5.74) is 2.24. The third-order valence-electron chi connectivity index (χ3n) is 3.77. The molecule has 0 fully saturated rings. The molecule has 0 N–H and O–H groups in total. The van der Waals surface area contributed by atoms with Gasteiger partial charge in [0.1, 0.15) is 5.75 Å². The largest absolute Gasteiger partial charge is 0.465 e. The SMILES string of the molecule is C=Cc1ccc(OC(C)OCc2cccc3ccccc23)cc1. The van der Waals surface area contributed by atoms with Gasteiger partial charge in [-0.3, -0.25) is 0 Å². The van der Waals surface area contributed by atoms with Gasteiger partial charge in [0.05, 0.1) is 6.61 Å². The highest BCUT2D eigenvalue weighted by Crippen LogP contribution is 2.20. The van der Waals surface area contributed by atoms with Gasteiger partial charge in [0.2, 0.25) is 0 Å². The third-order valence-corrected chi connectivity index (χ3v) is 3.77. The first-order valence-electron chi connectivity index (χ1n) is 7.73. The summed E-state index contributed by atoms with van der Waals surface area (Å²) >= 11 is 0. The van der Waals surface area contributed by atoms with Crippen LogP contribution in [-0.4, -0.2) is 6.29 Å². The van der Waals surface area contributed by atoms with E-state index in [0.717, 1.165) is 11.3 Å². The molecule has 1 atom stereocenters. The van der Waals surface area contributed by atoms with Crippen molar-refractivity contribution in [3.63, 3.8) is 0 Å². The molecule has 0 aliphatic carbocycles. The topological polar surface area (TPSA) is 18.5 Å². The van der Waals surface area contributed by atoms with Crippen molar-refractivity contribution in [1.29, 1.82) is 0 Å². The van der Waals surface area contributed by atoms with Crippen LogP contribution in [-0.2, 0) is 11.3 Å². The first kappa shape index (κ1) is 15.3. The van der Waals surface area contributed by atoms with Gasteiger partial charge < -0.3 is 9.47 Å². The fourth-order valence-electron chi connectivity index (χ4n) is 2.53. The summed E-state index contributed by atoms with van der Waals surface area (Å²) in [5.74, 6) is 0.793. The fourth-order valence-corrected chi connectivity index (χ4v) is 2.53. The fraction of sp³-hybridized carbons (Fsp3) is 0.143. The Morgan fingerprint density at radius 1 is 0.957 bits per heavy atom. The molecule has 0 amide bonds. The van der Waals surface area contributed by atoms with Crippen LogP contribution in [0.15, 0.2) is 73.3 Å². The smallest absolute Gasteiger partial charge is 0.197 e. The number of fused-ring (bicyclic) bond motifs is 1. The van der Waals surface area contributed by atoms with Crippen molar-refractivity contribution in [2.24, 2.45) is 0 Å². The molecular formula is C21H20O2. The standard InChI is InChI=1S/C21H20O2/c1-3-17-11-13-20(14-12-17)23-16(2)22-15-19-9-6-8-18-7-4-5-10-21(18)19/h3-14,16H,1,15H2,2H3. The van der Waals surface area contributed by atoms with Crippen LogP contribution in [0.2, 0.25) is 0 Å². The highest BCUT2D eigenvalue weighted by Gasteiger charge is 2.06. The van der Waals surface area contributed by atoms with Crippen LogP contribution in [0.25, 0.3) is 16.8 Å². The second kappa shape index (κ2) is 7.12. The molecule has 0 radical (unpaired) electrons. The number of hydrogen-bond acceptors (Lipinski definition) is 2. The van der Waals surface area contributed by atoms with E-state index in [-0.39, 0.29) is 6.29 Å². The maximum absolute atomic E-state index is 5.85. The summed E-state index contributed by atoms with van der Waals surface area (Å²) in [4.78, 5) is 0. The number of ether oxygens (including phenoxy) is 2. The summed E-state index contributed by atoms with van der Waals surface area (Å²) in [5, 5.41) is 2.44. The van der Waals surface area contributed by atoms with E-state index in [1.807, 2.05) is 49.4 Å². The van der Waals surface area contributed by atoms with Gasteiger partial charge in [-0.25, -0.2) is 0 Å². The van der Waals surface area contributed by atoms with Crippen molar-refractivity contribution in [3.8, 4) is 5.75 Å².